The lowest BCUT2D eigenvalue weighted by Gasteiger charge is -2.07. The Morgan fingerprint density at radius 2 is 2.29 bits per heavy atom. The van der Waals surface area contributed by atoms with E-state index in [1.165, 1.54) is 6.92 Å². The number of rotatable bonds is 3. The highest BCUT2D eigenvalue weighted by Crippen LogP contribution is 2.21. The zero-order valence-corrected chi connectivity index (χ0v) is 8.33. The Bertz CT molecular complexity index is 337. The SMILES string of the molecule is COc1ccc(CNC(C)=O)cc1N. The van der Waals surface area contributed by atoms with Crippen LogP contribution in [0.1, 0.15) is 12.5 Å². The molecule has 76 valence electrons. The molecule has 0 atom stereocenters. The van der Waals surface area contributed by atoms with E-state index in [0.29, 0.717) is 18.0 Å². The first-order chi connectivity index (χ1) is 6.63. The Hall–Kier alpha value is -1.71. The zero-order valence-electron chi connectivity index (χ0n) is 8.33. The molecule has 3 N–H and O–H groups in total. The summed E-state index contributed by atoms with van der Waals surface area (Å²) < 4.78 is 5.01. The van der Waals surface area contributed by atoms with Crippen molar-refractivity contribution in [2.45, 2.75) is 13.5 Å². The molecule has 0 aliphatic heterocycles. The van der Waals surface area contributed by atoms with Crippen LogP contribution in [-0.2, 0) is 11.3 Å². The van der Waals surface area contributed by atoms with Gasteiger partial charge in [0.1, 0.15) is 5.75 Å². The van der Waals surface area contributed by atoms with Gasteiger partial charge in [-0.3, -0.25) is 4.79 Å². The number of nitrogen functional groups attached to an aromatic ring is 1. The summed E-state index contributed by atoms with van der Waals surface area (Å²) in [6.45, 7) is 1.97. The number of hydrogen-bond donors (Lipinski definition) is 2. The predicted octanol–water partition coefficient (Wildman–Crippen LogP) is 0.913. The lowest BCUT2D eigenvalue weighted by molar-refractivity contribution is -0.119. The highest BCUT2D eigenvalue weighted by molar-refractivity contribution is 5.72. The molecule has 0 saturated heterocycles. The minimum Gasteiger partial charge on any atom is -0.495 e. The van der Waals surface area contributed by atoms with Crippen LogP contribution in [0.25, 0.3) is 0 Å². The molecule has 4 nitrogen and oxygen atoms in total. The maximum atomic E-state index is 10.7. The van der Waals surface area contributed by atoms with Gasteiger partial charge in [0.2, 0.25) is 5.91 Å². The van der Waals surface area contributed by atoms with Crippen molar-refractivity contribution in [1.29, 1.82) is 0 Å². The Kier molecular flexibility index (Phi) is 3.34. The molecule has 0 spiro atoms. The monoisotopic (exact) mass is 194 g/mol. The van der Waals surface area contributed by atoms with Gasteiger partial charge in [-0.05, 0) is 17.7 Å². The summed E-state index contributed by atoms with van der Waals surface area (Å²) >= 11 is 0. The second-order valence-corrected chi connectivity index (χ2v) is 2.99. The van der Waals surface area contributed by atoms with Crippen LogP contribution in [0, 0.1) is 0 Å². The van der Waals surface area contributed by atoms with Gasteiger partial charge < -0.3 is 15.8 Å². The molecule has 0 fully saturated rings. The summed E-state index contributed by atoms with van der Waals surface area (Å²) in [5.74, 6) is 0.593. The Morgan fingerprint density at radius 1 is 1.57 bits per heavy atom. The molecule has 0 aliphatic rings. The fraction of sp³-hybridized carbons (Fsp3) is 0.300. The molecular weight excluding hydrogens is 180 g/mol. The van der Waals surface area contributed by atoms with Crippen LogP contribution >= 0.6 is 0 Å². The summed E-state index contributed by atoms with van der Waals surface area (Å²) in [5.41, 5.74) is 7.24. The normalized spacial score (nSPS) is 9.57. The first kappa shape index (κ1) is 10.4. The molecule has 1 amide bonds. The second kappa shape index (κ2) is 4.50. The van der Waals surface area contributed by atoms with E-state index < -0.39 is 0 Å². The fourth-order valence-corrected chi connectivity index (χ4v) is 1.12. The Balaban J connectivity index is 2.71. The van der Waals surface area contributed by atoms with Crippen LogP contribution in [0.3, 0.4) is 0 Å². The largest absolute Gasteiger partial charge is 0.495 e. The van der Waals surface area contributed by atoms with E-state index in [2.05, 4.69) is 5.32 Å². The molecule has 0 aromatic heterocycles. The van der Waals surface area contributed by atoms with Crippen LogP contribution in [-0.4, -0.2) is 13.0 Å². The van der Waals surface area contributed by atoms with Gasteiger partial charge in [0.25, 0.3) is 0 Å². The van der Waals surface area contributed by atoms with E-state index in [0.717, 1.165) is 5.56 Å². The van der Waals surface area contributed by atoms with E-state index in [1.54, 1.807) is 19.2 Å². The summed E-state index contributed by atoms with van der Waals surface area (Å²) in [5, 5.41) is 2.69. The third-order valence-electron chi connectivity index (χ3n) is 1.84. The van der Waals surface area contributed by atoms with Gasteiger partial charge in [-0.15, -0.1) is 0 Å². The maximum Gasteiger partial charge on any atom is 0.217 e. The van der Waals surface area contributed by atoms with Gasteiger partial charge in [-0.2, -0.15) is 0 Å². The highest BCUT2D eigenvalue weighted by Gasteiger charge is 2.00. The van der Waals surface area contributed by atoms with E-state index >= 15 is 0 Å². The Labute approximate surface area is 83.1 Å². The number of nitrogens with two attached hydrogens (primary N) is 1. The van der Waals surface area contributed by atoms with Gasteiger partial charge in [0.05, 0.1) is 12.8 Å². The standard InChI is InChI=1S/C10H14N2O2/c1-7(13)12-6-8-3-4-10(14-2)9(11)5-8/h3-5H,6,11H2,1-2H3,(H,12,13). The third-order valence-corrected chi connectivity index (χ3v) is 1.84. The summed E-state index contributed by atoms with van der Waals surface area (Å²) in [7, 11) is 1.57. The van der Waals surface area contributed by atoms with Crippen molar-refractivity contribution in [3.63, 3.8) is 0 Å². The molecule has 0 unspecified atom stereocenters. The van der Waals surface area contributed by atoms with Crippen LogP contribution in [0.15, 0.2) is 18.2 Å². The van der Waals surface area contributed by atoms with Crippen molar-refractivity contribution in [2.24, 2.45) is 0 Å². The molecule has 1 aromatic carbocycles. The number of carbonyl (C=O) groups is 1. The predicted molar refractivity (Wildman–Crippen MR) is 54.9 cm³/mol. The van der Waals surface area contributed by atoms with Crippen molar-refractivity contribution in [1.82, 2.24) is 5.32 Å². The summed E-state index contributed by atoms with van der Waals surface area (Å²) in [4.78, 5) is 10.7. The van der Waals surface area contributed by atoms with Crippen LogP contribution in [0.5, 0.6) is 5.75 Å². The number of nitrogens with one attached hydrogen (secondary N) is 1. The van der Waals surface area contributed by atoms with Crippen LogP contribution in [0.2, 0.25) is 0 Å². The van der Waals surface area contributed by atoms with Crippen LogP contribution < -0.4 is 15.8 Å². The first-order valence-electron chi connectivity index (χ1n) is 4.30. The van der Waals surface area contributed by atoms with Gasteiger partial charge in [-0.25, -0.2) is 0 Å². The van der Waals surface area contributed by atoms with E-state index in [-0.39, 0.29) is 5.91 Å². The average Bonchev–Trinajstić information content (AvgIpc) is 2.15. The van der Waals surface area contributed by atoms with Crippen molar-refractivity contribution < 1.29 is 9.53 Å². The van der Waals surface area contributed by atoms with Gasteiger partial charge in [0, 0.05) is 13.5 Å². The van der Waals surface area contributed by atoms with Gasteiger partial charge in [-0.1, -0.05) is 6.07 Å². The molecule has 1 aromatic rings. The van der Waals surface area contributed by atoms with Crippen molar-refractivity contribution in [3.8, 4) is 5.75 Å². The average molecular weight is 194 g/mol. The fourth-order valence-electron chi connectivity index (χ4n) is 1.12. The quantitative estimate of drug-likeness (QED) is 0.703. The number of hydrogen-bond acceptors (Lipinski definition) is 3. The molecule has 0 heterocycles. The summed E-state index contributed by atoms with van der Waals surface area (Å²) in [6.07, 6.45) is 0. The molecular formula is C10H14N2O2. The minimum atomic E-state index is -0.0561. The van der Waals surface area contributed by atoms with Crippen molar-refractivity contribution in [3.05, 3.63) is 23.8 Å². The highest BCUT2D eigenvalue weighted by atomic mass is 16.5. The van der Waals surface area contributed by atoms with Crippen molar-refractivity contribution in [2.75, 3.05) is 12.8 Å². The summed E-state index contributed by atoms with van der Waals surface area (Å²) in [6, 6.07) is 5.44. The third kappa shape index (κ3) is 2.65. The number of carbonyl (C=O) groups excluding carboxylic acids is 1. The minimum absolute atomic E-state index is 0.0561. The topological polar surface area (TPSA) is 64.3 Å². The molecule has 0 radical (unpaired) electrons. The smallest absolute Gasteiger partial charge is 0.217 e. The number of methoxy groups -OCH3 is 1. The molecule has 0 bridgehead atoms. The lowest BCUT2D eigenvalue weighted by Crippen LogP contribution is -2.18. The number of amides is 1. The van der Waals surface area contributed by atoms with Gasteiger partial charge >= 0.3 is 0 Å². The van der Waals surface area contributed by atoms with Crippen molar-refractivity contribution >= 4 is 11.6 Å². The molecule has 14 heavy (non-hydrogen) atoms. The van der Waals surface area contributed by atoms with Crippen LogP contribution in [0.4, 0.5) is 5.69 Å². The van der Waals surface area contributed by atoms with E-state index in [1.807, 2.05) is 6.07 Å². The molecule has 1 rings (SSSR count). The molecule has 0 saturated carbocycles. The molecule has 0 aliphatic carbocycles. The van der Waals surface area contributed by atoms with Gasteiger partial charge in [0.15, 0.2) is 0 Å². The number of benzene rings is 1. The first-order valence-corrected chi connectivity index (χ1v) is 4.30. The lowest BCUT2D eigenvalue weighted by atomic mass is 10.2. The second-order valence-electron chi connectivity index (χ2n) is 2.99. The van der Waals surface area contributed by atoms with E-state index in [4.69, 9.17) is 10.5 Å². The maximum absolute atomic E-state index is 10.7. The van der Waals surface area contributed by atoms with E-state index in [9.17, 15) is 4.79 Å². The molecule has 4 heteroatoms. The number of ether oxygens (including phenoxy) is 1. The number of anilines is 1. The Morgan fingerprint density at radius 3 is 2.79 bits per heavy atom. The zero-order chi connectivity index (χ0) is 10.6.